The van der Waals surface area contributed by atoms with Crippen molar-refractivity contribution in [2.24, 2.45) is 5.41 Å². The Morgan fingerprint density at radius 2 is 1.69 bits per heavy atom. The number of rotatable bonds is 2. The topological polar surface area (TPSA) is 12.0 Å². The van der Waals surface area contributed by atoms with Gasteiger partial charge in [0, 0.05) is 15.0 Å². The van der Waals surface area contributed by atoms with Gasteiger partial charge in [0.25, 0.3) is 0 Å². The van der Waals surface area contributed by atoms with Gasteiger partial charge in [0.1, 0.15) is 0 Å². The minimum Gasteiger partial charge on any atom is -0.313 e. The zero-order valence-electron chi connectivity index (χ0n) is 10.5. The van der Waals surface area contributed by atoms with Crippen LogP contribution in [0.25, 0.3) is 0 Å². The summed E-state index contributed by atoms with van der Waals surface area (Å²) in [5, 5.41) is 3.39. The van der Waals surface area contributed by atoms with Crippen molar-refractivity contribution in [1.82, 2.24) is 5.32 Å². The molecule has 16 heavy (non-hydrogen) atoms. The summed E-state index contributed by atoms with van der Waals surface area (Å²) in [5.41, 5.74) is 2.73. The van der Waals surface area contributed by atoms with Gasteiger partial charge in [0.15, 0.2) is 0 Å². The number of benzene rings is 1. The van der Waals surface area contributed by atoms with E-state index >= 15 is 0 Å². The molecule has 1 aromatic carbocycles. The van der Waals surface area contributed by atoms with Gasteiger partial charge in [-0.05, 0) is 42.6 Å². The van der Waals surface area contributed by atoms with Gasteiger partial charge >= 0.3 is 0 Å². The average molecular weight is 349 g/mol. The highest BCUT2D eigenvalue weighted by Crippen LogP contribution is 2.38. The van der Waals surface area contributed by atoms with Crippen molar-refractivity contribution < 1.29 is 0 Å². The third-order valence-corrected chi connectivity index (χ3v) is 4.28. The van der Waals surface area contributed by atoms with Crippen molar-refractivity contribution in [3.8, 4) is 0 Å². The SMILES string of the molecule is CNC(c1cc(Br)c(C)cc1Br)C(C)(C)C. The minimum atomic E-state index is 0.186. The van der Waals surface area contributed by atoms with Crippen LogP contribution in [0.3, 0.4) is 0 Å². The van der Waals surface area contributed by atoms with Gasteiger partial charge in [0.05, 0.1) is 0 Å². The van der Waals surface area contributed by atoms with E-state index in [1.807, 2.05) is 7.05 Å². The molecule has 0 radical (unpaired) electrons. The van der Waals surface area contributed by atoms with Gasteiger partial charge in [-0.3, -0.25) is 0 Å². The Bertz CT molecular complexity index is 380. The van der Waals surface area contributed by atoms with E-state index in [1.54, 1.807) is 0 Å². The minimum absolute atomic E-state index is 0.186. The van der Waals surface area contributed by atoms with E-state index in [2.05, 4.69) is 77.0 Å². The Morgan fingerprint density at radius 1 is 1.12 bits per heavy atom. The molecule has 0 aromatic heterocycles. The van der Waals surface area contributed by atoms with E-state index in [1.165, 1.54) is 15.6 Å². The van der Waals surface area contributed by atoms with Gasteiger partial charge in [-0.2, -0.15) is 0 Å². The first-order valence-electron chi connectivity index (χ1n) is 5.40. The van der Waals surface area contributed by atoms with Crippen LogP contribution in [0.2, 0.25) is 0 Å². The van der Waals surface area contributed by atoms with Crippen molar-refractivity contribution in [2.45, 2.75) is 33.7 Å². The third-order valence-electron chi connectivity index (χ3n) is 2.74. The molecular formula is C13H19Br2N. The van der Waals surface area contributed by atoms with E-state index < -0.39 is 0 Å². The molecule has 1 N–H and O–H groups in total. The smallest absolute Gasteiger partial charge is 0.0378 e. The maximum Gasteiger partial charge on any atom is 0.0378 e. The quantitative estimate of drug-likeness (QED) is 0.807. The summed E-state index contributed by atoms with van der Waals surface area (Å²) in [6, 6.07) is 4.69. The molecule has 0 saturated carbocycles. The Hall–Kier alpha value is 0.140. The Kier molecular flexibility index (Phi) is 4.61. The van der Waals surface area contributed by atoms with Crippen molar-refractivity contribution >= 4 is 31.9 Å². The summed E-state index contributed by atoms with van der Waals surface area (Å²) in [4.78, 5) is 0. The lowest BCUT2D eigenvalue weighted by molar-refractivity contribution is 0.286. The van der Waals surface area contributed by atoms with Crippen LogP contribution in [0.15, 0.2) is 21.1 Å². The fraction of sp³-hybridized carbons (Fsp3) is 0.538. The molecule has 0 heterocycles. The molecule has 0 aliphatic carbocycles. The second-order valence-electron chi connectivity index (χ2n) is 5.21. The molecule has 3 heteroatoms. The number of nitrogens with one attached hydrogen (secondary N) is 1. The summed E-state index contributed by atoms with van der Waals surface area (Å²) in [6.07, 6.45) is 0. The summed E-state index contributed by atoms with van der Waals surface area (Å²) in [7, 11) is 2.01. The summed E-state index contributed by atoms with van der Waals surface area (Å²) in [5.74, 6) is 0. The van der Waals surface area contributed by atoms with E-state index in [9.17, 15) is 0 Å². The third kappa shape index (κ3) is 3.08. The van der Waals surface area contributed by atoms with Crippen LogP contribution in [0, 0.1) is 12.3 Å². The van der Waals surface area contributed by atoms with Gasteiger partial charge in [-0.1, -0.05) is 52.6 Å². The second-order valence-corrected chi connectivity index (χ2v) is 6.92. The van der Waals surface area contributed by atoms with Crippen LogP contribution >= 0.6 is 31.9 Å². The zero-order valence-corrected chi connectivity index (χ0v) is 13.7. The standard InChI is InChI=1S/C13H19Br2N/c1-8-6-11(15)9(7-10(8)14)12(16-5)13(2,3)4/h6-7,12,16H,1-5H3. The van der Waals surface area contributed by atoms with Crippen LogP contribution in [0.4, 0.5) is 0 Å². The summed E-state index contributed by atoms with van der Waals surface area (Å²) < 4.78 is 2.33. The first-order valence-corrected chi connectivity index (χ1v) is 6.98. The number of hydrogen-bond donors (Lipinski definition) is 1. The molecule has 0 spiro atoms. The lowest BCUT2D eigenvalue weighted by Gasteiger charge is -2.32. The van der Waals surface area contributed by atoms with Gasteiger partial charge < -0.3 is 5.32 Å². The molecule has 1 atom stereocenters. The molecule has 1 rings (SSSR count). The monoisotopic (exact) mass is 347 g/mol. The van der Waals surface area contributed by atoms with Crippen LogP contribution < -0.4 is 5.32 Å². The molecule has 0 bridgehead atoms. The van der Waals surface area contributed by atoms with Crippen LogP contribution in [-0.4, -0.2) is 7.05 Å². The highest BCUT2D eigenvalue weighted by molar-refractivity contribution is 9.11. The van der Waals surface area contributed by atoms with Crippen molar-refractivity contribution in [2.75, 3.05) is 7.05 Å². The van der Waals surface area contributed by atoms with E-state index in [0.717, 1.165) is 4.47 Å². The molecule has 0 aliphatic heterocycles. The maximum absolute atomic E-state index is 3.65. The van der Waals surface area contributed by atoms with Crippen LogP contribution in [-0.2, 0) is 0 Å². The molecule has 0 fully saturated rings. The normalized spacial score (nSPS) is 13.9. The number of halogens is 2. The van der Waals surface area contributed by atoms with Crippen molar-refractivity contribution in [1.29, 1.82) is 0 Å². The first-order chi connectivity index (χ1) is 7.27. The van der Waals surface area contributed by atoms with Crippen molar-refractivity contribution in [3.05, 3.63) is 32.2 Å². The lowest BCUT2D eigenvalue weighted by Crippen LogP contribution is -2.30. The maximum atomic E-state index is 3.65. The molecule has 90 valence electrons. The van der Waals surface area contributed by atoms with E-state index in [4.69, 9.17) is 0 Å². The predicted octanol–water partition coefficient (Wildman–Crippen LogP) is 4.83. The van der Waals surface area contributed by atoms with Crippen LogP contribution in [0.5, 0.6) is 0 Å². The second kappa shape index (κ2) is 5.19. The fourth-order valence-corrected chi connectivity index (χ4v) is 2.99. The average Bonchev–Trinajstić information content (AvgIpc) is 2.12. The van der Waals surface area contributed by atoms with Gasteiger partial charge in [-0.25, -0.2) is 0 Å². The van der Waals surface area contributed by atoms with E-state index in [-0.39, 0.29) is 5.41 Å². The fourth-order valence-electron chi connectivity index (χ4n) is 1.94. The largest absolute Gasteiger partial charge is 0.313 e. The van der Waals surface area contributed by atoms with Crippen LogP contribution in [0.1, 0.15) is 37.9 Å². The number of aryl methyl sites for hydroxylation is 1. The summed E-state index contributed by atoms with van der Waals surface area (Å²) >= 11 is 7.25. The molecule has 1 unspecified atom stereocenters. The molecule has 0 aliphatic rings. The predicted molar refractivity (Wildman–Crippen MR) is 77.8 cm³/mol. The van der Waals surface area contributed by atoms with E-state index in [0.29, 0.717) is 6.04 Å². The Balaban J connectivity index is 3.26. The molecule has 0 saturated heterocycles. The Morgan fingerprint density at radius 3 is 2.12 bits per heavy atom. The highest BCUT2D eigenvalue weighted by atomic mass is 79.9. The van der Waals surface area contributed by atoms with Gasteiger partial charge in [0.2, 0.25) is 0 Å². The zero-order chi connectivity index (χ0) is 12.5. The first kappa shape index (κ1) is 14.2. The van der Waals surface area contributed by atoms with Crippen molar-refractivity contribution in [3.63, 3.8) is 0 Å². The Labute approximate surface area is 115 Å². The summed E-state index contributed by atoms with van der Waals surface area (Å²) in [6.45, 7) is 8.83. The van der Waals surface area contributed by atoms with Gasteiger partial charge in [-0.15, -0.1) is 0 Å². The molecule has 1 aromatic rings. The number of hydrogen-bond acceptors (Lipinski definition) is 1. The lowest BCUT2D eigenvalue weighted by atomic mass is 9.82. The highest BCUT2D eigenvalue weighted by Gasteiger charge is 2.26. The molecule has 0 amide bonds. The molecule has 1 nitrogen and oxygen atoms in total. The molecular weight excluding hydrogens is 330 g/mol.